The van der Waals surface area contributed by atoms with E-state index >= 15 is 0 Å². The zero-order valence-corrected chi connectivity index (χ0v) is 30.0. The van der Waals surface area contributed by atoms with Crippen LogP contribution in [0.3, 0.4) is 0 Å². The minimum Gasteiger partial charge on any atom is -0.490 e. The lowest BCUT2D eigenvalue weighted by molar-refractivity contribution is -0.137. The minimum absolute atomic E-state index is 0.0200. The Hall–Kier alpha value is -4.19. The molecule has 51 heavy (non-hydrogen) atoms. The SMILES string of the molecule is C[C@H]1CCCCO[C@@H](CN(C)S(=O)(=O)c2cn(C)cn2)[C@@H](C)CN([C@@H](C)CO)C(=O)c2cc(NC(=O)Nc3ccc(C(F)(F)F)cc3)ccc2O1. The van der Waals surface area contributed by atoms with E-state index in [0.717, 1.165) is 30.7 Å². The number of aromatic nitrogens is 2. The fourth-order valence-electron chi connectivity index (χ4n) is 5.53. The number of hydrogen-bond acceptors (Lipinski definition) is 8. The van der Waals surface area contributed by atoms with Crippen molar-refractivity contribution in [3.05, 3.63) is 66.1 Å². The number of aliphatic hydroxyl groups is 1. The number of benzene rings is 2. The Balaban J connectivity index is 1.60. The molecule has 4 atom stereocenters. The van der Waals surface area contributed by atoms with Crippen molar-refractivity contribution < 1.29 is 45.8 Å². The molecule has 0 unspecified atom stereocenters. The Labute approximate surface area is 295 Å². The van der Waals surface area contributed by atoms with Gasteiger partial charge >= 0.3 is 12.2 Å². The van der Waals surface area contributed by atoms with Crippen LogP contribution in [-0.2, 0) is 28.0 Å². The molecule has 3 N–H and O–H groups in total. The summed E-state index contributed by atoms with van der Waals surface area (Å²) in [6.45, 7) is 5.40. The summed E-state index contributed by atoms with van der Waals surface area (Å²) in [5, 5.41) is 15.2. The lowest BCUT2D eigenvalue weighted by atomic mass is 10.0. The molecule has 0 radical (unpaired) electrons. The van der Waals surface area contributed by atoms with Crippen LogP contribution >= 0.6 is 0 Å². The third-order valence-corrected chi connectivity index (χ3v) is 10.3. The van der Waals surface area contributed by atoms with Gasteiger partial charge in [0.1, 0.15) is 5.75 Å². The topological polar surface area (TPSA) is 155 Å². The number of rotatable bonds is 8. The minimum atomic E-state index is -4.52. The number of sulfonamides is 1. The van der Waals surface area contributed by atoms with Crippen molar-refractivity contribution in [1.82, 2.24) is 18.8 Å². The third kappa shape index (κ3) is 10.4. The molecule has 1 aliphatic heterocycles. The first-order valence-electron chi connectivity index (χ1n) is 16.5. The van der Waals surface area contributed by atoms with Crippen LogP contribution in [0.2, 0.25) is 0 Å². The molecule has 4 rings (SSSR count). The number of carbonyl (C=O) groups is 2. The molecule has 1 aliphatic rings. The Morgan fingerprint density at radius 1 is 1.12 bits per heavy atom. The number of amides is 3. The molecule has 0 saturated heterocycles. The number of likely N-dealkylation sites (N-methyl/N-ethyl adjacent to an activating group) is 1. The highest BCUT2D eigenvalue weighted by Gasteiger charge is 2.33. The number of nitrogens with one attached hydrogen (secondary N) is 2. The van der Waals surface area contributed by atoms with E-state index in [1.165, 1.54) is 39.4 Å². The molecule has 2 heterocycles. The molecule has 13 nitrogen and oxygen atoms in total. The molecule has 2 aromatic carbocycles. The van der Waals surface area contributed by atoms with Crippen LogP contribution in [0.4, 0.5) is 29.3 Å². The highest BCUT2D eigenvalue weighted by atomic mass is 32.2. The summed E-state index contributed by atoms with van der Waals surface area (Å²) in [5.41, 5.74) is -0.427. The molecule has 0 spiro atoms. The number of imidazole rings is 1. The van der Waals surface area contributed by atoms with E-state index in [4.69, 9.17) is 9.47 Å². The number of halogens is 3. The maximum Gasteiger partial charge on any atom is 0.416 e. The summed E-state index contributed by atoms with van der Waals surface area (Å²) in [4.78, 5) is 32.6. The van der Waals surface area contributed by atoms with Crippen molar-refractivity contribution in [2.75, 3.05) is 44.0 Å². The number of nitrogens with zero attached hydrogens (tertiary/aromatic N) is 4. The molecule has 0 fully saturated rings. The van der Waals surface area contributed by atoms with E-state index in [-0.39, 0.29) is 53.5 Å². The summed E-state index contributed by atoms with van der Waals surface area (Å²) in [6, 6.07) is 7.06. The van der Waals surface area contributed by atoms with E-state index in [2.05, 4.69) is 15.6 Å². The quantitative estimate of drug-likeness (QED) is 0.285. The Morgan fingerprint density at radius 2 is 1.78 bits per heavy atom. The van der Waals surface area contributed by atoms with E-state index in [0.29, 0.717) is 19.4 Å². The van der Waals surface area contributed by atoms with Crippen molar-refractivity contribution in [2.45, 2.75) is 69.5 Å². The molecular weight excluding hydrogens is 693 g/mol. The molecule has 1 aromatic heterocycles. The average molecular weight is 739 g/mol. The van der Waals surface area contributed by atoms with Gasteiger partial charge in [0.2, 0.25) is 0 Å². The average Bonchev–Trinajstić information content (AvgIpc) is 3.52. The Kier molecular flexibility index (Phi) is 13.1. The number of aliphatic hydroxyl groups excluding tert-OH is 1. The van der Waals surface area contributed by atoms with Crippen molar-refractivity contribution in [3.8, 4) is 5.75 Å². The van der Waals surface area contributed by atoms with Crippen molar-refractivity contribution in [1.29, 1.82) is 0 Å². The molecular formula is C34H45F3N6O7S. The summed E-state index contributed by atoms with van der Waals surface area (Å²) < 4.78 is 80.6. The van der Waals surface area contributed by atoms with Crippen LogP contribution in [0, 0.1) is 5.92 Å². The zero-order chi connectivity index (χ0) is 37.5. The van der Waals surface area contributed by atoms with Gasteiger partial charge in [0, 0.05) is 57.3 Å². The smallest absolute Gasteiger partial charge is 0.416 e. The summed E-state index contributed by atoms with van der Waals surface area (Å²) >= 11 is 0. The van der Waals surface area contributed by atoms with Crippen LogP contribution in [-0.4, -0.2) is 95.8 Å². The summed E-state index contributed by atoms with van der Waals surface area (Å²) in [6.07, 6.45) is -0.630. The lowest BCUT2D eigenvalue weighted by Gasteiger charge is -2.35. The number of anilines is 2. The molecule has 280 valence electrons. The highest BCUT2D eigenvalue weighted by molar-refractivity contribution is 7.89. The van der Waals surface area contributed by atoms with Crippen molar-refractivity contribution in [3.63, 3.8) is 0 Å². The van der Waals surface area contributed by atoms with Gasteiger partial charge in [-0.2, -0.15) is 17.5 Å². The van der Waals surface area contributed by atoms with Crippen LogP contribution < -0.4 is 15.4 Å². The predicted molar refractivity (Wildman–Crippen MR) is 184 cm³/mol. The summed E-state index contributed by atoms with van der Waals surface area (Å²) in [5.74, 6) is -0.663. The van der Waals surface area contributed by atoms with Crippen LogP contribution in [0.25, 0.3) is 0 Å². The molecule has 3 amide bonds. The number of fused-ring (bicyclic) bond motifs is 1. The van der Waals surface area contributed by atoms with Gasteiger partial charge in [-0.15, -0.1) is 0 Å². The van der Waals surface area contributed by atoms with E-state index in [1.807, 2.05) is 13.8 Å². The number of aryl methyl sites for hydroxylation is 1. The molecule has 3 aromatic rings. The van der Waals surface area contributed by atoms with Crippen LogP contribution in [0.5, 0.6) is 5.75 Å². The predicted octanol–water partition coefficient (Wildman–Crippen LogP) is 5.20. The van der Waals surface area contributed by atoms with Gasteiger partial charge in [-0.3, -0.25) is 4.79 Å². The van der Waals surface area contributed by atoms with Gasteiger partial charge in [-0.1, -0.05) is 6.92 Å². The fourth-order valence-corrected chi connectivity index (χ4v) is 6.67. The Morgan fingerprint density at radius 3 is 2.41 bits per heavy atom. The Bertz CT molecular complexity index is 1750. The summed E-state index contributed by atoms with van der Waals surface area (Å²) in [7, 11) is -0.820. The molecule has 17 heteroatoms. The van der Waals surface area contributed by atoms with Gasteiger partial charge in [-0.25, -0.2) is 18.2 Å². The molecule has 0 bridgehead atoms. The number of alkyl halides is 3. The van der Waals surface area contributed by atoms with Crippen molar-refractivity contribution in [2.24, 2.45) is 13.0 Å². The van der Waals surface area contributed by atoms with Gasteiger partial charge in [0.05, 0.1) is 42.3 Å². The van der Waals surface area contributed by atoms with E-state index in [9.17, 15) is 36.3 Å². The van der Waals surface area contributed by atoms with E-state index in [1.54, 1.807) is 26.1 Å². The number of hydrogen-bond donors (Lipinski definition) is 3. The maximum atomic E-state index is 14.3. The molecule has 0 saturated carbocycles. The molecule has 0 aliphatic carbocycles. The first-order chi connectivity index (χ1) is 24.0. The first-order valence-corrected chi connectivity index (χ1v) is 18.0. The lowest BCUT2D eigenvalue weighted by Crippen LogP contribution is -2.48. The standard InChI is InChI=1S/C34H45F3N6O7S/c1-22-17-43(23(2)20-44)32(45)28-16-27(40-33(46)39-26-11-9-25(10-12-26)34(35,36)37)13-14-29(28)50-24(3)8-6-7-15-49-30(22)18-42(5)51(47,48)31-19-41(4)21-38-31/h9-14,16,19,21-24,30,44H,6-8,15,17-18,20H2,1-5H3,(H2,39,40,46)/t22-,23-,24-,30-/m0/s1. The maximum absolute atomic E-state index is 14.3. The second-order valence-corrected chi connectivity index (χ2v) is 14.8. The first kappa shape index (κ1) is 39.6. The van der Waals surface area contributed by atoms with Crippen LogP contribution in [0.1, 0.15) is 56.0 Å². The van der Waals surface area contributed by atoms with Gasteiger partial charge in [0.15, 0.2) is 5.03 Å². The number of urea groups is 1. The largest absolute Gasteiger partial charge is 0.490 e. The van der Waals surface area contributed by atoms with Crippen LogP contribution in [0.15, 0.2) is 60.0 Å². The van der Waals surface area contributed by atoms with E-state index < -0.39 is 51.8 Å². The zero-order valence-electron chi connectivity index (χ0n) is 29.2. The normalized spacial score (nSPS) is 20.2. The number of ether oxygens (including phenoxy) is 2. The third-order valence-electron chi connectivity index (χ3n) is 8.57. The van der Waals surface area contributed by atoms with Gasteiger partial charge in [0.25, 0.3) is 15.9 Å². The fraction of sp³-hybridized carbons (Fsp3) is 0.500. The van der Waals surface area contributed by atoms with Gasteiger partial charge in [-0.05, 0) is 75.6 Å². The number of carbonyl (C=O) groups excluding carboxylic acids is 2. The monoisotopic (exact) mass is 738 g/mol. The second-order valence-electron chi connectivity index (χ2n) is 12.8. The second kappa shape index (κ2) is 16.9. The highest BCUT2D eigenvalue weighted by Crippen LogP contribution is 2.31. The van der Waals surface area contributed by atoms with Crippen molar-refractivity contribution >= 4 is 33.3 Å². The van der Waals surface area contributed by atoms with Gasteiger partial charge < -0.3 is 34.7 Å².